The minimum Gasteiger partial charge on any atom is -0.353 e. The molecule has 0 atom stereocenters. The van der Waals surface area contributed by atoms with E-state index in [4.69, 9.17) is 0 Å². The van der Waals surface area contributed by atoms with Gasteiger partial charge < -0.3 is 10.2 Å². The molecule has 1 N–H and O–H groups in total. The van der Waals surface area contributed by atoms with Crippen molar-refractivity contribution in [1.82, 2.24) is 10.2 Å². The number of nitro groups is 1. The second-order valence-corrected chi connectivity index (χ2v) is 7.60. The summed E-state index contributed by atoms with van der Waals surface area (Å²) in [6, 6.07) is 6.27. The summed E-state index contributed by atoms with van der Waals surface area (Å²) in [6.07, 6.45) is 7.34. The zero-order valence-electron chi connectivity index (χ0n) is 15.6. The van der Waals surface area contributed by atoms with E-state index in [-0.39, 0.29) is 35.9 Å². The van der Waals surface area contributed by atoms with Gasteiger partial charge in [-0.1, -0.05) is 31.4 Å². The van der Waals surface area contributed by atoms with Gasteiger partial charge in [0.25, 0.3) is 5.69 Å². The highest BCUT2D eigenvalue weighted by molar-refractivity contribution is 5.80. The number of carbonyl (C=O) groups excluding carboxylic acids is 2. The third-order valence-corrected chi connectivity index (χ3v) is 5.67. The highest BCUT2D eigenvalue weighted by Gasteiger charge is 2.27. The Morgan fingerprint density at radius 2 is 1.67 bits per heavy atom. The predicted molar refractivity (Wildman–Crippen MR) is 101 cm³/mol. The molecule has 0 unspecified atom stereocenters. The van der Waals surface area contributed by atoms with Crippen LogP contribution in [0, 0.1) is 16.0 Å². The van der Waals surface area contributed by atoms with Gasteiger partial charge in [0, 0.05) is 37.2 Å². The lowest BCUT2D eigenvalue weighted by molar-refractivity contribution is -0.384. The average Bonchev–Trinajstić information content (AvgIpc) is 2.69. The van der Waals surface area contributed by atoms with Gasteiger partial charge in [0.15, 0.2) is 0 Å². The van der Waals surface area contributed by atoms with Crippen LogP contribution in [0.4, 0.5) is 5.69 Å². The smallest absolute Gasteiger partial charge is 0.269 e. The van der Waals surface area contributed by atoms with E-state index in [1.165, 1.54) is 18.6 Å². The molecule has 1 saturated heterocycles. The number of amides is 2. The Balaban J connectivity index is 1.43. The van der Waals surface area contributed by atoms with Crippen LogP contribution in [0.2, 0.25) is 0 Å². The third-order valence-electron chi connectivity index (χ3n) is 5.67. The lowest BCUT2D eigenvalue weighted by Gasteiger charge is -2.33. The lowest BCUT2D eigenvalue weighted by atomic mass is 9.88. The molecular formula is C20H27N3O4. The fraction of sp³-hybridized carbons (Fsp3) is 0.600. The first-order chi connectivity index (χ1) is 13.0. The number of carbonyl (C=O) groups is 2. The van der Waals surface area contributed by atoms with E-state index in [1.54, 1.807) is 12.1 Å². The predicted octanol–water partition coefficient (Wildman–Crippen LogP) is 2.82. The van der Waals surface area contributed by atoms with E-state index < -0.39 is 4.92 Å². The van der Waals surface area contributed by atoms with Gasteiger partial charge >= 0.3 is 0 Å². The summed E-state index contributed by atoms with van der Waals surface area (Å²) < 4.78 is 0. The topological polar surface area (TPSA) is 92.6 Å². The van der Waals surface area contributed by atoms with Crippen molar-refractivity contribution in [2.24, 2.45) is 5.92 Å². The van der Waals surface area contributed by atoms with Gasteiger partial charge in [0.2, 0.25) is 11.8 Å². The molecule has 1 aliphatic heterocycles. The first kappa shape index (κ1) is 19.3. The molecule has 146 valence electrons. The van der Waals surface area contributed by atoms with E-state index in [1.807, 2.05) is 4.90 Å². The Bertz CT molecular complexity index is 675. The summed E-state index contributed by atoms with van der Waals surface area (Å²) in [5, 5.41) is 13.9. The van der Waals surface area contributed by atoms with Crippen molar-refractivity contribution in [3.8, 4) is 0 Å². The number of rotatable bonds is 5. The summed E-state index contributed by atoms with van der Waals surface area (Å²) in [6.45, 7) is 1.28. The molecular weight excluding hydrogens is 346 g/mol. The Kier molecular flexibility index (Phi) is 6.42. The molecule has 0 radical (unpaired) electrons. The molecule has 0 aromatic heterocycles. The molecule has 1 aromatic carbocycles. The van der Waals surface area contributed by atoms with E-state index in [2.05, 4.69) is 5.32 Å². The summed E-state index contributed by atoms with van der Waals surface area (Å²) in [7, 11) is 0. The van der Waals surface area contributed by atoms with Gasteiger partial charge in [0.1, 0.15) is 0 Å². The van der Waals surface area contributed by atoms with Crippen LogP contribution in [0.1, 0.15) is 50.5 Å². The highest BCUT2D eigenvalue weighted by atomic mass is 16.6. The van der Waals surface area contributed by atoms with Gasteiger partial charge in [-0.2, -0.15) is 0 Å². The minimum absolute atomic E-state index is 0.0284. The molecule has 2 fully saturated rings. The van der Waals surface area contributed by atoms with Crippen molar-refractivity contribution in [1.29, 1.82) is 0 Å². The van der Waals surface area contributed by atoms with E-state index in [9.17, 15) is 19.7 Å². The maximum Gasteiger partial charge on any atom is 0.269 e. The van der Waals surface area contributed by atoms with Crippen LogP contribution < -0.4 is 5.32 Å². The number of piperidine rings is 1. The van der Waals surface area contributed by atoms with Crippen molar-refractivity contribution in [2.45, 2.75) is 57.4 Å². The maximum absolute atomic E-state index is 12.5. The Morgan fingerprint density at radius 1 is 1.04 bits per heavy atom. The van der Waals surface area contributed by atoms with Crippen LogP contribution in [0.25, 0.3) is 0 Å². The van der Waals surface area contributed by atoms with Gasteiger partial charge in [0.05, 0.1) is 11.3 Å². The molecule has 1 saturated carbocycles. The molecule has 7 heteroatoms. The quantitative estimate of drug-likeness (QED) is 0.634. The Morgan fingerprint density at radius 3 is 2.26 bits per heavy atom. The van der Waals surface area contributed by atoms with E-state index in [0.717, 1.165) is 44.1 Å². The largest absolute Gasteiger partial charge is 0.353 e. The molecule has 0 spiro atoms. The summed E-state index contributed by atoms with van der Waals surface area (Å²) in [5.74, 6) is 0.381. The normalized spacial score (nSPS) is 18.9. The molecule has 2 amide bonds. The fourth-order valence-corrected chi connectivity index (χ4v) is 3.98. The second kappa shape index (κ2) is 8.97. The zero-order chi connectivity index (χ0) is 19.2. The maximum atomic E-state index is 12.5. The van der Waals surface area contributed by atoms with Crippen molar-refractivity contribution in [3.05, 3.63) is 39.9 Å². The molecule has 1 heterocycles. The van der Waals surface area contributed by atoms with Crippen molar-refractivity contribution in [3.63, 3.8) is 0 Å². The standard InChI is InChI=1S/C20H27N3O4/c24-19(14-15-6-8-18(9-7-15)23(26)27)22-12-10-17(11-13-22)21-20(25)16-4-2-1-3-5-16/h6-9,16-17H,1-5,10-14H2,(H,21,25). The van der Waals surface area contributed by atoms with Crippen LogP contribution in [0.15, 0.2) is 24.3 Å². The van der Waals surface area contributed by atoms with Crippen LogP contribution >= 0.6 is 0 Å². The highest BCUT2D eigenvalue weighted by Crippen LogP contribution is 2.24. The molecule has 7 nitrogen and oxygen atoms in total. The fourth-order valence-electron chi connectivity index (χ4n) is 3.98. The van der Waals surface area contributed by atoms with E-state index in [0.29, 0.717) is 13.1 Å². The summed E-state index contributed by atoms with van der Waals surface area (Å²) in [5.41, 5.74) is 0.805. The number of benzene rings is 1. The summed E-state index contributed by atoms with van der Waals surface area (Å²) >= 11 is 0. The minimum atomic E-state index is -0.446. The Hall–Kier alpha value is -2.44. The van der Waals surface area contributed by atoms with Crippen LogP contribution in [0.3, 0.4) is 0 Å². The average molecular weight is 373 g/mol. The molecule has 3 rings (SSSR count). The summed E-state index contributed by atoms with van der Waals surface area (Å²) in [4.78, 5) is 36.9. The number of hydrogen-bond donors (Lipinski definition) is 1. The van der Waals surface area contributed by atoms with Crippen LogP contribution in [-0.4, -0.2) is 40.8 Å². The molecule has 0 bridgehead atoms. The zero-order valence-corrected chi connectivity index (χ0v) is 15.6. The number of hydrogen-bond acceptors (Lipinski definition) is 4. The number of nitrogens with one attached hydrogen (secondary N) is 1. The van der Waals surface area contributed by atoms with Crippen molar-refractivity contribution < 1.29 is 14.5 Å². The van der Waals surface area contributed by atoms with Gasteiger partial charge in [-0.05, 0) is 31.2 Å². The van der Waals surface area contributed by atoms with Gasteiger partial charge in [-0.25, -0.2) is 0 Å². The monoisotopic (exact) mass is 373 g/mol. The first-order valence-corrected chi connectivity index (χ1v) is 9.84. The van der Waals surface area contributed by atoms with Crippen molar-refractivity contribution >= 4 is 17.5 Å². The van der Waals surface area contributed by atoms with Gasteiger partial charge in [-0.3, -0.25) is 19.7 Å². The third kappa shape index (κ3) is 5.28. The van der Waals surface area contributed by atoms with Gasteiger partial charge in [-0.15, -0.1) is 0 Å². The van der Waals surface area contributed by atoms with Crippen LogP contribution in [0.5, 0.6) is 0 Å². The number of nitrogens with zero attached hydrogens (tertiary/aromatic N) is 2. The Labute approximate surface area is 159 Å². The van der Waals surface area contributed by atoms with E-state index >= 15 is 0 Å². The molecule has 1 aliphatic carbocycles. The van der Waals surface area contributed by atoms with Crippen molar-refractivity contribution in [2.75, 3.05) is 13.1 Å². The first-order valence-electron chi connectivity index (χ1n) is 9.84. The second-order valence-electron chi connectivity index (χ2n) is 7.60. The van der Waals surface area contributed by atoms with Crippen LogP contribution in [-0.2, 0) is 16.0 Å². The number of non-ortho nitro benzene ring substituents is 1. The lowest BCUT2D eigenvalue weighted by Crippen LogP contribution is -2.48. The SMILES string of the molecule is O=C(NC1CCN(C(=O)Cc2ccc([N+](=O)[O-])cc2)CC1)C1CCCCC1. The molecule has 2 aliphatic rings. The molecule has 27 heavy (non-hydrogen) atoms. The number of likely N-dealkylation sites (tertiary alicyclic amines) is 1. The molecule has 1 aromatic rings. The number of nitro benzene ring substituents is 1.